The summed E-state index contributed by atoms with van der Waals surface area (Å²) in [7, 11) is 0. The number of para-hydroxylation sites is 1. The Labute approximate surface area is 139 Å². The number of halogens is 2. The second-order valence-corrected chi connectivity index (χ2v) is 5.71. The lowest BCUT2D eigenvalue weighted by atomic mass is 10.2. The van der Waals surface area contributed by atoms with E-state index in [0.29, 0.717) is 37.4 Å². The third-order valence-corrected chi connectivity index (χ3v) is 4.09. The number of piperazine rings is 1. The minimum atomic E-state index is -0.319. The highest BCUT2D eigenvalue weighted by Gasteiger charge is 2.22. The molecule has 0 spiro atoms. The minimum absolute atomic E-state index is 0.188. The second kappa shape index (κ2) is 7.29. The molecule has 1 saturated heterocycles. The molecule has 0 bridgehead atoms. The fourth-order valence-electron chi connectivity index (χ4n) is 2.80. The van der Waals surface area contributed by atoms with Crippen molar-refractivity contribution in [2.24, 2.45) is 0 Å². The highest BCUT2D eigenvalue weighted by molar-refractivity contribution is 5.74. The molecular formula is C18H19F2N3O. The minimum Gasteiger partial charge on any atom is -0.366 e. The van der Waals surface area contributed by atoms with Crippen molar-refractivity contribution in [2.45, 2.75) is 6.54 Å². The first-order valence-electron chi connectivity index (χ1n) is 7.90. The van der Waals surface area contributed by atoms with Gasteiger partial charge < -0.3 is 15.1 Å². The monoisotopic (exact) mass is 331 g/mol. The van der Waals surface area contributed by atoms with Crippen LogP contribution in [0, 0.1) is 11.6 Å². The number of urea groups is 1. The molecule has 126 valence electrons. The van der Waals surface area contributed by atoms with E-state index in [-0.39, 0.29) is 24.2 Å². The van der Waals surface area contributed by atoms with Gasteiger partial charge in [0, 0.05) is 32.7 Å². The fraction of sp³-hybridized carbons (Fsp3) is 0.278. The van der Waals surface area contributed by atoms with Gasteiger partial charge in [-0.2, -0.15) is 0 Å². The van der Waals surface area contributed by atoms with Crippen LogP contribution in [0.1, 0.15) is 5.56 Å². The van der Waals surface area contributed by atoms with Gasteiger partial charge in [0.2, 0.25) is 0 Å². The van der Waals surface area contributed by atoms with Crippen LogP contribution in [0.4, 0.5) is 19.3 Å². The molecule has 1 N–H and O–H groups in total. The summed E-state index contributed by atoms with van der Waals surface area (Å²) in [5.74, 6) is -0.568. The molecule has 0 saturated carbocycles. The average molecular weight is 331 g/mol. The lowest BCUT2D eigenvalue weighted by molar-refractivity contribution is 0.194. The van der Waals surface area contributed by atoms with Crippen LogP contribution in [0.15, 0.2) is 48.5 Å². The summed E-state index contributed by atoms with van der Waals surface area (Å²) < 4.78 is 26.9. The molecule has 0 atom stereocenters. The van der Waals surface area contributed by atoms with Crippen LogP contribution in [0.25, 0.3) is 0 Å². The number of rotatable bonds is 3. The summed E-state index contributed by atoms with van der Waals surface area (Å²) in [6.45, 7) is 2.47. The van der Waals surface area contributed by atoms with Crippen molar-refractivity contribution < 1.29 is 13.6 Å². The Morgan fingerprint density at radius 2 is 1.75 bits per heavy atom. The molecule has 1 aliphatic rings. The number of hydrogen-bond acceptors (Lipinski definition) is 2. The Bertz CT molecular complexity index is 715. The lowest BCUT2D eigenvalue weighted by Gasteiger charge is -2.36. The largest absolute Gasteiger partial charge is 0.366 e. The molecule has 4 nitrogen and oxygen atoms in total. The summed E-state index contributed by atoms with van der Waals surface area (Å²) in [5, 5.41) is 2.79. The van der Waals surface area contributed by atoms with E-state index in [4.69, 9.17) is 0 Å². The van der Waals surface area contributed by atoms with Gasteiger partial charge in [0.15, 0.2) is 0 Å². The number of anilines is 1. The first-order chi connectivity index (χ1) is 11.6. The van der Waals surface area contributed by atoms with Gasteiger partial charge in [0.1, 0.15) is 11.6 Å². The molecule has 6 heteroatoms. The van der Waals surface area contributed by atoms with Crippen molar-refractivity contribution in [1.82, 2.24) is 10.2 Å². The van der Waals surface area contributed by atoms with E-state index in [1.165, 1.54) is 18.2 Å². The van der Waals surface area contributed by atoms with Crippen molar-refractivity contribution in [1.29, 1.82) is 0 Å². The number of carbonyl (C=O) groups is 1. The molecule has 2 amide bonds. The van der Waals surface area contributed by atoms with E-state index >= 15 is 0 Å². The number of nitrogens with one attached hydrogen (secondary N) is 1. The second-order valence-electron chi connectivity index (χ2n) is 5.71. The number of benzene rings is 2. The molecule has 1 aliphatic heterocycles. The molecule has 0 unspecified atom stereocenters. The van der Waals surface area contributed by atoms with Crippen LogP contribution in [0.5, 0.6) is 0 Å². The molecule has 1 heterocycles. The van der Waals surface area contributed by atoms with Gasteiger partial charge in [-0.05, 0) is 29.8 Å². The first-order valence-corrected chi connectivity index (χ1v) is 7.90. The first kappa shape index (κ1) is 16.2. The van der Waals surface area contributed by atoms with E-state index in [2.05, 4.69) is 5.32 Å². The van der Waals surface area contributed by atoms with Gasteiger partial charge in [-0.15, -0.1) is 0 Å². The molecule has 0 aromatic heterocycles. The smallest absolute Gasteiger partial charge is 0.317 e. The maximum atomic E-state index is 13.8. The van der Waals surface area contributed by atoms with E-state index in [9.17, 15) is 13.6 Å². The summed E-state index contributed by atoms with van der Waals surface area (Å²) >= 11 is 0. The summed E-state index contributed by atoms with van der Waals surface area (Å²) in [6.07, 6.45) is 0. The van der Waals surface area contributed by atoms with Gasteiger partial charge in [0.25, 0.3) is 0 Å². The van der Waals surface area contributed by atoms with Crippen LogP contribution in [-0.2, 0) is 6.54 Å². The molecule has 0 radical (unpaired) electrons. The number of amides is 2. The summed E-state index contributed by atoms with van der Waals surface area (Å²) in [6, 6.07) is 12.6. The summed E-state index contributed by atoms with van der Waals surface area (Å²) in [4.78, 5) is 15.8. The number of hydrogen-bond donors (Lipinski definition) is 1. The van der Waals surface area contributed by atoms with Crippen LogP contribution in [0.3, 0.4) is 0 Å². The Hall–Kier alpha value is -2.63. The Morgan fingerprint density at radius 1 is 1.00 bits per heavy atom. The normalized spacial score (nSPS) is 14.6. The predicted octanol–water partition coefficient (Wildman–Crippen LogP) is 3.00. The van der Waals surface area contributed by atoms with Gasteiger partial charge in [-0.1, -0.05) is 24.3 Å². The molecule has 24 heavy (non-hydrogen) atoms. The van der Waals surface area contributed by atoms with Crippen LogP contribution in [0.2, 0.25) is 0 Å². The lowest BCUT2D eigenvalue weighted by Crippen LogP contribution is -2.51. The Balaban J connectivity index is 1.51. The van der Waals surface area contributed by atoms with E-state index in [1.54, 1.807) is 35.2 Å². The zero-order valence-corrected chi connectivity index (χ0v) is 13.2. The van der Waals surface area contributed by atoms with Crippen molar-refractivity contribution in [3.63, 3.8) is 0 Å². The van der Waals surface area contributed by atoms with Gasteiger partial charge in [-0.3, -0.25) is 0 Å². The van der Waals surface area contributed by atoms with Crippen molar-refractivity contribution >= 4 is 11.7 Å². The highest BCUT2D eigenvalue weighted by Crippen LogP contribution is 2.20. The molecule has 1 fully saturated rings. The molecule has 0 aliphatic carbocycles. The summed E-state index contributed by atoms with van der Waals surface area (Å²) in [5.41, 5.74) is 1.28. The van der Waals surface area contributed by atoms with E-state index < -0.39 is 0 Å². The van der Waals surface area contributed by atoms with E-state index in [1.807, 2.05) is 4.90 Å². The maximum absolute atomic E-state index is 13.8. The zero-order valence-electron chi connectivity index (χ0n) is 13.2. The predicted molar refractivity (Wildman–Crippen MR) is 88.8 cm³/mol. The Morgan fingerprint density at radius 3 is 2.46 bits per heavy atom. The zero-order chi connectivity index (χ0) is 16.9. The third kappa shape index (κ3) is 3.82. The number of carbonyl (C=O) groups excluding carboxylic acids is 1. The molecule has 3 rings (SSSR count). The average Bonchev–Trinajstić information content (AvgIpc) is 2.60. The quantitative estimate of drug-likeness (QED) is 0.938. The molecule has 2 aromatic rings. The van der Waals surface area contributed by atoms with Crippen molar-refractivity contribution in [2.75, 3.05) is 31.1 Å². The highest BCUT2D eigenvalue weighted by atomic mass is 19.1. The fourth-order valence-corrected chi connectivity index (χ4v) is 2.80. The standard InChI is InChI=1S/C18H19F2N3O/c19-15-5-3-4-14(12-15)13-21-18(24)23-10-8-22(9-11-23)17-7-2-1-6-16(17)20/h1-7,12H,8-11,13H2,(H,21,24). The van der Waals surface area contributed by atoms with Gasteiger partial charge in [0.05, 0.1) is 5.69 Å². The van der Waals surface area contributed by atoms with Crippen LogP contribution >= 0.6 is 0 Å². The van der Waals surface area contributed by atoms with Crippen LogP contribution < -0.4 is 10.2 Å². The van der Waals surface area contributed by atoms with Crippen molar-refractivity contribution in [3.8, 4) is 0 Å². The van der Waals surface area contributed by atoms with E-state index in [0.717, 1.165) is 0 Å². The third-order valence-electron chi connectivity index (χ3n) is 4.09. The Kier molecular flexibility index (Phi) is 4.93. The van der Waals surface area contributed by atoms with Gasteiger partial charge >= 0.3 is 6.03 Å². The van der Waals surface area contributed by atoms with Crippen LogP contribution in [-0.4, -0.2) is 37.1 Å². The SMILES string of the molecule is O=C(NCc1cccc(F)c1)N1CCN(c2ccccc2F)CC1. The maximum Gasteiger partial charge on any atom is 0.317 e. The molecular weight excluding hydrogens is 312 g/mol. The van der Waals surface area contributed by atoms with Crippen molar-refractivity contribution in [3.05, 3.63) is 65.7 Å². The topological polar surface area (TPSA) is 35.6 Å². The number of nitrogens with zero attached hydrogens (tertiary/aromatic N) is 2. The van der Waals surface area contributed by atoms with Gasteiger partial charge in [-0.25, -0.2) is 13.6 Å². The molecule has 2 aromatic carbocycles.